The summed E-state index contributed by atoms with van der Waals surface area (Å²) < 4.78 is 2.38. The van der Waals surface area contributed by atoms with Crippen LogP contribution in [-0.4, -0.2) is 45.5 Å². The Morgan fingerprint density at radius 2 is 1.59 bits per heavy atom. The average molecular weight is 551 g/mol. The van der Waals surface area contributed by atoms with Crippen molar-refractivity contribution in [1.29, 1.82) is 0 Å². The number of amides is 1. The van der Waals surface area contributed by atoms with Gasteiger partial charge in [0.25, 0.3) is 5.91 Å². The van der Waals surface area contributed by atoms with Gasteiger partial charge in [-0.15, -0.1) is 0 Å². The second-order valence-corrected chi connectivity index (χ2v) is 9.47. The van der Waals surface area contributed by atoms with Crippen LogP contribution in [0.15, 0.2) is 79.0 Å². The molecule has 0 radical (unpaired) electrons. The monoisotopic (exact) mass is 550 g/mol. The van der Waals surface area contributed by atoms with E-state index in [4.69, 9.17) is 36.0 Å². The van der Waals surface area contributed by atoms with Crippen molar-refractivity contribution in [2.45, 2.75) is 0 Å². The lowest BCUT2D eigenvalue weighted by molar-refractivity contribution is 0.100. The number of halogens is 1. The number of nitrogens with zero attached hydrogens (tertiary/aromatic N) is 2. The van der Waals surface area contributed by atoms with Crippen molar-refractivity contribution in [3.05, 3.63) is 105 Å². The summed E-state index contributed by atoms with van der Waals surface area (Å²) >= 11 is 16.5. The minimum atomic E-state index is -0.359. The van der Waals surface area contributed by atoms with Crippen molar-refractivity contribution in [3.8, 4) is 5.69 Å². The number of aromatic nitrogens is 3. The molecule has 0 fully saturated rings. The zero-order chi connectivity index (χ0) is 26.7. The number of hydrogen-bond donors (Lipinski definition) is 4. The van der Waals surface area contributed by atoms with Gasteiger partial charge in [0.1, 0.15) is 0 Å². The molecule has 3 aromatic carbocycles. The van der Waals surface area contributed by atoms with E-state index in [2.05, 4.69) is 27.4 Å². The van der Waals surface area contributed by atoms with Gasteiger partial charge in [0.15, 0.2) is 9.54 Å². The van der Waals surface area contributed by atoms with Gasteiger partial charge in [-0.25, -0.2) is 0 Å². The molecule has 11 heteroatoms. The fourth-order valence-corrected chi connectivity index (χ4v) is 4.18. The highest BCUT2D eigenvalue weighted by Crippen LogP contribution is 2.28. The molecule has 4 N–H and O–H groups in total. The molecule has 0 spiro atoms. The van der Waals surface area contributed by atoms with E-state index in [1.54, 1.807) is 78.2 Å². The number of H-pyrrole nitrogens is 2. The Kier molecular flexibility index (Phi) is 7.72. The Balaban J connectivity index is 1.65. The van der Waals surface area contributed by atoms with E-state index < -0.39 is 0 Å². The zero-order valence-electron chi connectivity index (χ0n) is 20.0. The molecule has 0 saturated heterocycles. The molecule has 8 nitrogen and oxygen atoms in total. The quantitative estimate of drug-likeness (QED) is 0.114. The minimum Gasteiger partial charge on any atom is -0.375 e. The molecule has 0 bridgehead atoms. The van der Waals surface area contributed by atoms with Crippen LogP contribution < -0.4 is 10.6 Å². The summed E-state index contributed by atoms with van der Waals surface area (Å²) in [5.41, 5.74) is 3.45. The zero-order valence-corrected chi connectivity index (χ0v) is 22.4. The molecule has 0 aliphatic heterocycles. The van der Waals surface area contributed by atoms with E-state index >= 15 is 0 Å². The molecule has 0 aliphatic carbocycles. The molecule has 0 aliphatic rings. The third-order valence-electron chi connectivity index (χ3n) is 5.50. The lowest BCUT2D eigenvalue weighted by atomic mass is 10.0. The highest BCUT2D eigenvalue weighted by molar-refractivity contribution is 7.72. The van der Waals surface area contributed by atoms with Crippen LogP contribution in [0.2, 0.25) is 5.02 Å². The highest BCUT2D eigenvalue weighted by atomic mass is 35.5. The van der Waals surface area contributed by atoms with Gasteiger partial charge in [-0.3, -0.25) is 24.4 Å². The number of rotatable bonds is 8. The van der Waals surface area contributed by atoms with E-state index in [1.165, 1.54) is 0 Å². The fraction of sp³-hybridized carbons (Fsp3) is 0.0769. The summed E-state index contributed by atoms with van der Waals surface area (Å²) in [6, 6.07) is 19.1. The molecule has 4 rings (SSSR count). The number of carbonyl (C=O) groups excluding carboxylic acids is 2. The first-order chi connectivity index (χ1) is 17.6. The van der Waals surface area contributed by atoms with Crippen LogP contribution in [0.1, 0.15) is 20.7 Å². The molecule has 1 amide bonds. The maximum Gasteiger partial charge on any atom is 0.255 e. The van der Waals surface area contributed by atoms with Crippen molar-refractivity contribution in [2.24, 2.45) is 0 Å². The number of nitrogens with one attached hydrogen (secondary N) is 4. The third kappa shape index (κ3) is 5.88. The first kappa shape index (κ1) is 26.1. The van der Waals surface area contributed by atoms with Crippen LogP contribution in [0.5, 0.6) is 0 Å². The number of ketones is 1. The lowest BCUT2D eigenvalue weighted by Gasteiger charge is -2.18. The normalized spacial score (nSPS) is 10.6. The van der Waals surface area contributed by atoms with Gasteiger partial charge in [0.05, 0.1) is 11.4 Å². The average Bonchev–Trinajstić information content (AvgIpc) is 3.22. The second kappa shape index (κ2) is 11.0. The third-order valence-corrected chi connectivity index (χ3v) is 6.32. The minimum absolute atomic E-state index is 0.282. The van der Waals surface area contributed by atoms with Gasteiger partial charge in [0, 0.05) is 47.3 Å². The predicted molar refractivity (Wildman–Crippen MR) is 152 cm³/mol. The van der Waals surface area contributed by atoms with Gasteiger partial charge in [0.2, 0.25) is 5.78 Å². The number of benzene rings is 3. The standard InChI is InChI=1S/C26H23ClN6O2S2/c1-15(32(2)3)23(34)21-14-19(11-12-22(21)28-18-9-7-17(27)8-10-18)29-24(35)16-5-4-6-20(13-16)33-25(36)30-31-26(33)37/h4-14,28H,1H2,2-3H3,(H,29,35)(H,30,36)(H,31,37). The molecule has 188 valence electrons. The summed E-state index contributed by atoms with van der Waals surface area (Å²) in [5, 5.41) is 12.3. The Morgan fingerprint density at radius 3 is 2.24 bits per heavy atom. The van der Waals surface area contributed by atoms with Crippen molar-refractivity contribution in [2.75, 3.05) is 24.7 Å². The largest absolute Gasteiger partial charge is 0.375 e. The van der Waals surface area contributed by atoms with Crippen LogP contribution in [-0.2, 0) is 0 Å². The van der Waals surface area contributed by atoms with E-state index in [9.17, 15) is 9.59 Å². The Morgan fingerprint density at radius 1 is 0.946 bits per heavy atom. The molecule has 1 heterocycles. The van der Waals surface area contributed by atoms with Crippen LogP contribution in [0, 0.1) is 9.54 Å². The molecule has 0 saturated carbocycles. The molecule has 1 aromatic heterocycles. The van der Waals surface area contributed by atoms with Gasteiger partial charge < -0.3 is 15.5 Å². The van der Waals surface area contributed by atoms with Crippen molar-refractivity contribution in [1.82, 2.24) is 19.7 Å². The topological polar surface area (TPSA) is 98.0 Å². The van der Waals surface area contributed by atoms with Crippen molar-refractivity contribution in [3.63, 3.8) is 0 Å². The van der Waals surface area contributed by atoms with Crippen molar-refractivity contribution >= 4 is 64.8 Å². The van der Waals surface area contributed by atoms with E-state index in [1.807, 2.05) is 12.1 Å². The van der Waals surface area contributed by atoms with Gasteiger partial charge >= 0.3 is 0 Å². The van der Waals surface area contributed by atoms with E-state index in [-0.39, 0.29) is 11.7 Å². The van der Waals surface area contributed by atoms with Crippen LogP contribution in [0.3, 0.4) is 0 Å². The van der Waals surface area contributed by atoms with E-state index in [0.717, 1.165) is 5.69 Å². The predicted octanol–water partition coefficient (Wildman–Crippen LogP) is 6.50. The number of likely N-dealkylation sites (N-methyl/N-ethyl adjacent to an activating group) is 1. The van der Waals surface area contributed by atoms with Crippen LogP contribution in [0.4, 0.5) is 17.1 Å². The van der Waals surface area contributed by atoms with Crippen molar-refractivity contribution < 1.29 is 9.59 Å². The summed E-state index contributed by atoms with van der Waals surface area (Å²) in [4.78, 5) is 28.0. The smallest absolute Gasteiger partial charge is 0.255 e. The number of carbonyl (C=O) groups is 2. The van der Waals surface area contributed by atoms with E-state index in [0.29, 0.717) is 48.5 Å². The first-order valence-electron chi connectivity index (χ1n) is 11.0. The second-order valence-electron chi connectivity index (χ2n) is 8.26. The molecular weight excluding hydrogens is 528 g/mol. The van der Waals surface area contributed by atoms with Gasteiger partial charge in [-0.1, -0.05) is 24.2 Å². The number of Topliss-reactive ketones (excluding diaryl/α,β-unsaturated/α-hetero) is 1. The molecule has 0 atom stereocenters. The molecule has 37 heavy (non-hydrogen) atoms. The summed E-state index contributed by atoms with van der Waals surface area (Å²) in [6.07, 6.45) is 0. The summed E-state index contributed by atoms with van der Waals surface area (Å²) in [6.45, 7) is 3.90. The van der Waals surface area contributed by atoms with Crippen LogP contribution in [0.25, 0.3) is 5.69 Å². The lowest BCUT2D eigenvalue weighted by Crippen LogP contribution is -2.20. The number of anilines is 3. The molecule has 0 unspecified atom stereocenters. The Bertz CT molecular complexity index is 1590. The maximum absolute atomic E-state index is 13.3. The summed E-state index contributed by atoms with van der Waals surface area (Å²) in [5.74, 6) is -0.641. The number of hydrogen-bond acceptors (Lipinski definition) is 6. The Labute approximate surface area is 228 Å². The molecule has 4 aromatic rings. The maximum atomic E-state index is 13.3. The molecular formula is C26H23ClN6O2S2. The number of allylic oxidation sites excluding steroid dienone is 1. The fourth-order valence-electron chi connectivity index (χ4n) is 3.50. The summed E-state index contributed by atoms with van der Waals surface area (Å²) in [7, 11) is 3.49. The van der Waals surface area contributed by atoms with Gasteiger partial charge in [-0.2, -0.15) is 0 Å². The Hall–Kier alpha value is -3.99. The van der Waals surface area contributed by atoms with Crippen LogP contribution >= 0.6 is 36.0 Å². The highest BCUT2D eigenvalue weighted by Gasteiger charge is 2.18. The SMILES string of the molecule is C=C(C(=O)c1cc(NC(=O)c2cccc(-n3c(=S)[nH][nH]c3=S)c2)ccc1Nc1ccc(Cl)cc1)N(C)C. The van der Waals surface area contributed by atoms with Gasteiger partial charge in [-0.05, 0) is 85.1 Å². The first-order valence-corrected chi connectivity index (χ1v) is 12.2. The number of aromatic amines is 2.